The average Bonchev–Trinajstić information content (AvgIpc) is 3.53. The van der Waals surface area contributed by atoms with Gasteiger partial charge in [-0.15, -0.1) is 11.3 Å². The van der Waals surface area contributed by atoms with Crippen LogP contribution in [0.15, 0.2) is 58.8 Å². The standard InChI is InChI=1S/C22H22N4O4S/c1-26-7-6-23-21(26)20(14-9-16(28-2)12-17(10-14)29-3)25-19(27)11-15-13-31-22(24-15)18-5-4-8-30-18/h4-10,12-13,20H,11H2,1-3H3,(H,25,27)/t20-/m0/s1. The van der Waals surface area contributed by atoms with Crippen molar-refractivity contribution in [2.24, 2.45) is 7.05 Å². The molecule has 0 spiro atoms. The average molecular weight is 439 g/mol. The number of carbonyl (C=O) groups is 1. The van der Waals surface area contributed by atoms with Crippen molar-refractivity contribution in [3.8, 4) is 22.3 Å². The number of imidazole rings is 1. The van der Waals surface area contributed by atoms with Gasteiger partial charge in [-0.1, -0.05) is 0 Å². The molecule has 9 heteroatoms. The van der Waals surface area contributed by atoms with Crippen molar-refractivity contribution in [3.05, 3.63) is 71.5 Å². The largest absolute Gasteiger partial charge is 0.497 e. The van der Waals surface area contributed by atoms with E-state index in [-0.39, 0.29) is 12.3 Å². The lowest BCUT2D eigenvalue weighted by molar-refractivity contribution is -0.121. The number of ether oxygens (including phenoxy) is 2. The molecule has 0 bridgehead atoms. The van der Waals surface area contributed by atoms with Gasteiger partial charge in [-0.05, 0) is 29.8 Å². The zero-order valence-electron chi connectivity index (χ0n) is 17.4. The third kappa shape index (κ3) is 4.61. The van der Waals surface area contributed by atoms with E-state index in [1.54, 1.807) is 32.7 Å². The van der Waals surface area contributed by atoms with E-state index >= 15 is 0 Å². The molecular formula is C22H22N4O4S. The second-order valence-corrected chi connectivity index (χ2v) is 7.70. The topological polar surface area (TPSA) is 91.4 Å². The molecule has 4 rings (SSSR count). The normalized spacial score (nSPS) is 11.8. The molecule has 3 aromatic heterocycles. The molecule has 0 unspecified atom stereocenters. The highest BCUT2D eigenvalue weighted by molar-refractivity contribution is 7.13. The Morgan fingerprint density at radius 1 is 1.26 bits per heavy atom. The zero-order chi connectivity index (χ0) is 21.8. The zero-order valence-corrected chi connectivity index (χ0v) is 18.2. The molecular weight excluding hydrogens is 416 g/mol. The van der Waals surface area contributed by atoms with Crippen LogP contribution in [0.5, 0.6) is 11.5 Å². The summed E-state index contributed by atoms with van der Waals surface area (Å²) in [6.07, 6.45) is 5.27. The summed E-state index contributed by atoms with van der Waals surface area (Å²) in [4.78, 5) is 21.9. The Bertz CT molecular complexity index is 1140. The Balaban J connectivity index is 1.58. The van der Waals surface area contributed by atoms with E-state index in [4.69, 9.17) is 13.9 Å². The van der Waals surface area contributed by atoms with Gasteiger partial charge in [0.1, 0.15) is 23.4 Å². The fourth-order valence-corrected chi connectivity index (χ4v) is 4.01. The van der Waals surface area contributed by atoms with Crippen molar-refractivity contribution in [1.82, 2.24) is 19.9 Å². The van der Waals surface area contributed by atoms with Crippen LogP contribution in [0.1, 0.15) is 23.1 Å². The van der Waals surface area contributed by atoms with Gasteiger partial charge in [-0.25, -0.2) is 9.97 Å². The fourth-order valence-electron chi connectivity index (χ4n) is 3.23. The molecule has 8 nitrogen and oxygen atoms in total. The Kier molecular flexibility index (Phi) is 6.03. The predicted molar refractivity (Wildman–Crippen MR) is 116 cm³/mol. The maximum Gasteiger partial charge on any atom is 0.226 e. The van der Waals surface area contributed by atoms with Gasteiger partial charge in [-0.2, -0.15) is 0 Å². The minimum atomic E-state index is -0.486. The summed E-state index contributed by atoms with van der Waals surface area (Å²) >= 11 is 1.44. The van der Waals surface area contributed by atoms with Crippen LogP contribution in [0.4, 0.5) is 0 Å². The minimum Gasteiger partial charge on any atom is -0.497 e. The number of rotatable bonds is 8. The summed E-state index contributed by atoms with van der Waals surface area (Å²) in [5, 5.41) is 5.68. The molecule has 1 amide bonds. The first-order valence-electron chi connectivity index (χ1n) is 9.55. The van der Waals surface area contributed by atoms with Crippen LogP contribution < -0.4 is 14.8 Å². The molecule has 1 aromatic carbocycles. The SMILES string of the molecule is COc1cc(OC)cc([C@H](NC(=O)Cc2csc(-c3ccco3)n2)c2nccn2C)c1. The second-order valence-electron chi connectivity index (χ2n) is 6.84. The van der Waals surface area contributed by atoms with Crippen LogP contribution in [0.25, 0.3) is 10.8 Å². The van der Waals surface area contributed by atoms with Gasteiger partial charge >= 0.3 is 0 Å². The van der Waals surface area contributed by atoms with E-state index in [1.165, 1.54) is 11.3 Å². The lowest BCUT2D eigenvalue weighted by Gasteiger charge is -2.20. The summed E-state index contributed by atoms with van der Waals surface area (Å²) in [5.41, 5.74) is 1.48. The number of carbonyl (C=O) groups excluding carboxylic acids is 1. The van der Waals surface area contributed by atoms with Gasteiger partial charge in [-0.3, -0.25) is 4.79 Å². The number of benzene rings is 1. The van der Waals surface area contributed by atoms with Crippen molar-refractivity contribution in [1.29, 1.82) is 0 Å². The number of furan rings is 1. The summed E-state index contributed by atoms with van der Waals surface area (Å²) in [7, 11) is 5.06. The molecule has 31 heavy (non-hydrogen) atoms. The number of amides is 1. The first kappa shape index (κ1) is 20.7. The number of methoxy groups -OCH3 is 2. The molecule has 0 aliphatic heterocycles. The predicted octanol–water partition coefficient (Wildman–Crippen LogP) is 3.60. The first-order chi connectivity index (χ1) is 15.1. The fraction of sp³-hybridized carbons (Fsp3) is 0.227. The Hall–Kier alpha value is -3.59. The molecule has 0 saturated heterocycles. The van der Waals surface area contributed by atoms with E-state index < -0.39 is 6.04 Å². The van der Waals surface area contributed by atoms with Crippen molar-refractivity contribution < 1.29 is 18.7 Å². The van der Waals surface area contributed by atoms with Crippen LogP contribution in [0, 0.1) is 0 Å². The molecule has 1 atom stereocenters. The molecule has 3 heterocycles. The van der Waals surface area contributed by atoms with E-state index in [9.17, 15) is 4.79 Å². The molecule has 160 valence electrons. The van der Waals surface area contributed by atoms with Crippen LogP contribution >= 0.6 is 11.3 Å². The Labute approximate surface area is 183 Å². The van der Waals surface area contributed by atoms with Crippen molar-refractivity contribution in [3.63, 3.8) is 0 Å². The highest BCUT2D eigenvalue weighted by atomic mass is 32.1. The van der Waals surface area contributed by atoms with Gasteiger partial charge in [0, 0.05) is 30.9 Å². The lowest BCUT2D eigenvalue weighted by Crippen LogP contribution is -2.32. The minimum absolute atomic E-state index is 0.138. The monoisotopic (exact) mass is 438 g/mol. The summed E-state index contributed by atoms with van der Waals surface area (Å²) < 4.78 is 18.0. The third-order valence-electron chi connectivity index (χ3n) is 4.75. The highest BCUT2D eigenvalue weighted by Crippen LogP contribution is 2.30. The maximum absolute atomic E-state index is 12.9. The van der Waals surface area contributed by atoms with E-state index in [0.29, 0.717) is 28.8 Å². The number of aromatic nitrogens is 3. The number of aryl methyl sites for hydroxylation is 1. The first-order valence-corrected chi connectivity index (χ1v) is 10.4. The Morgan fingerprint density at radius 3 is 2.65 bits per heavy atom. The lowest BCUT2D eigenvalue weighted by atomic mass is 10.0. The molecule has 0 aliphatic rings. The maximum atomic E-state index is 12.9. The molecule has 1 N–H and O–H groups in total. The number of hydrogen-bond donors (Lipinski definition) is 1. The molecule has 0 aliphatic carbocycles. The van der Waals surface area contributed by atoms with Crippen molar-refractivity contribution >= 4 is 17.2 Å². The summed E-state index contributed by atoms with van der Waals surface area (Å²) in [5.74, 6) is 2.46. The molecule has 0 fully saturated rings. The van der Waals surface area contributed by atoms with Crippen LogP contribution in [0.3, 0.4) is 0 Å². The van der Waals surface area contributed by atoms with Gasteiger partial charge < -0.3 is 23.8 Å². The number of nitrogens with one attached hydrogen (secondary N) is 1. The number of hydrogen-bond acceptors (Lipinski definition) is 7. The second kappa shape index (κ2) is 9.05. The van der Waals surface area contributed by atoms with Gasteiger partial charge in [0.15, 0.2) is 10.8 Å². The van der Waals surface area contributed by atoms with Gasteiger partial charge in [0.2, 0.25) is 5.91 Å². The van der Waals surface area contributed by atoms with E-state index in [1.807, 2.05) is 47.5 Å². The summed E-state index contributed by atoms with van der Waals surface area (Å²) in [6.45, 7) is 0. The number of nitrogens with zero attached hydrogens (tertiary/aromatic N) is 3. The quantitative estimate of drug-likeness (QED) is 0.452. The molecule has 4 aromatic rings. The Morgan fingerprint density at radius 2 is 2.03 bits per heavy atom. The highest BCUT2D eigenvalue weighted by Gasteiger charge is 2.23. The van der Waals surface area contributed by atoms with Gasteiger partial charge in [0.25, 0.3) is 0 Å². The molecule has 0 saturated carbocycles. The smallest absolute Gasteiger partial charge is 0.226 e. The van der Waals surface area contributed by atoms with E-state index in [0.717, 1.165) is 10.6 Å². The van der Waals surface area contributed by atoms with Crippen LogP contribution in [0.2, 0.25) is 0 Å². The van der Waals surface area contributed by atoms with E-state index in [2.05, 4.69) is 15.3 Å². The number of thiazole rings is 1. The third-order valence-corrected chi connectivity index (χ3v) is 5.66. The van der Waals surface area contributed by atoms with Crippen molar-refractivity contribution in [2.45, 2.75) is 12.5 Å². The molecule has 0 radical (unpaired) electrons. The van der Waals surface area contributed by atoms with Crippen LogP contribution in [-0.2, 0) is 18.3 Å². The van der Waals surface area contributed by atoms with Crippen LogP contribution in [-0.4, -0.2) is 34.7 Å². The summed E-state index contributed by atoms with van der Waals surface area (Å²) in [6, 6.07) is 8.67. The van der Waals surface area contributed by atoms with Gasteiger partial charge in [0.05, 0.1) is 32.6 Å². The van der Waals surface area contributed by atoms with Crippen molar-refractivity contribution in [2.75, 3.05) is 14.2 Å².